The van der Waals surface area contributed by atoms with Crippen molar-refractivity contribution in [3.05, 3.63) is 81.5 Å². The molecule has 146 valence electrons. The highest BCUT2D eigenvalue weighted by molar-refractivity contribution is 6.01. The fourth-order valence-corrected chi connectivity index (χ4v) is 3.91. The molecule has 0 spiro atoms. The van der Waals surface area contributed by atoms with Crippen molar-refractivity contribution in [2.45, 2.75) is 40.0 Å². The monoisotopic (exact) mass is 376 g/mol. The minimum absolute atomic E-state index is 0.159. The van der Waals surface area contributed by atoms with Crippen molar-refractivity contribution in [1.82, 2.24) is 5.32 Å². The average molecular weight is 377 g/mol. The van der Waals surface area contributed by atoms with E-state index in [4.69, 9.17) is 0 Å². The second-order valence-electron chi connectivity index (χ2n) is 7.25. The minimum Gasteiger partial charge on any atom is -0.368 e. The molecule has 0 saturated carbocycles. The summed E-state index contributed by atoms with van der Waals surface area (Å²) < 4.78 is 14.7. The summed E-state index contributed by atoms with van der Waals surface area (Å²) in [5.41, 5.74) is 5.29. The minimum atomic E-state index is -0.159. The fraction of sp³-hybridized carbons (Fsp3) is 0.320. The van der Waals surface area contributed by atoms with Crippen molar-refractivity contribution in [2.24, 2.45) is 4.99 Å². The number of halogens is 1. The quantitative estimate of drug-likeness (QED) is 0.814. The normalized spacial score (nSPS) is 15.3. The molecule has 0 radical (unpaired) electrons. The molecule has 0 bridgehead atoms. The van der Waals surface area contributed by atoms with E-state index in [2.05, 4.69) is 55.9 Å². The third kappa shape index (κ3) is 4.09. The molecular weight excluding hydrogens is 347 g/mol. The lowest BCUT2D eigenvalue weighted by atomic mass is 9.93. The third-order valence-electron chi connectivity index (χ3n) is 5.38. The lowest BCUT2D eigenvalue weighted by Gasteiger charge is -2.14. The van der Waals surface area contributed by atoms with Crippen LogP contribution in [0.5, 0.6) is 0 Å². The largest absolute Gasteiger partial charge is 0.368 e. The Morgan fingerprint density at radius 1 is 1.21 bits per heavy atom. The Hall–Kier alpha value is -2.68. The molecule has 1 heterocycles. The lowest BCUT2D eigenvalue weighted by Crippen LogP contribution is -2.31. The van der Waals surface area contributed by atoms with Crippen LogP contribution in [0.2, 0.25) is 0 Å². The number of amidine groups is 1. The van der Waals surface area contributed by atoms with Gasteiger partial charge in [-0.3, -0.25) is 4.99 Å². The fourth-order valence-electron chi connectivity index (χ4n) is 3.91. The first-order valence-electron chi connectivity index (χ1n) is 10.0. The van der Waals surface area contributed by atoms with Crippen molar-refractivity contribution >= 4 is 17.5 Å². The molecule has 1 aliphatic rings. The van der Waals surface area contributed by atoms with Gasteiger partial charge in [-0.1, -0.05) is 49.9 Å². The first-order valence-corrected chi connectivity index (χ1v) is 10.0. The number of hydrogen-bond donors (Lipinski definition) is 1. The maximum Gasteiger partial charge on any atom is 0.128 e. The standard InChI is InChI=1S/C25H29FN2/c1-5-8-19-12-11-18(4)20(24(19)17(3)6-2)13-14-21-22(9-7-10-23(21)26)25-27-15-16-28-25/h6-12H,2,5,13-16H2,1,3-4H3,(H,27,28)/b19-8-,24-17+. The van der Waals surface area contributed by atoms with Crippen molar-refractivity contribution < 1.29 is 4.39 Å². The number of allylic oxidation sites excluding steroid dienone is 1. The Morgan fingerprint density at radius 2 is 2.00 bits per heavy atom. The predicted molar refractivity (Wildman–Crippen MR) is 118 cm³/mol. The summed E-state index contributed by atoms with van der Waals surface area (Å²) in [6.45, 7) is 11.9. The molecule has 2 nitrogen and oxygen atoms in total. The van der Waals surface area contributed by atoms with Crippen LogP contribution in [0.4, 0.5) is 4.39 Å². The van der Waals surface area contributed by atoms with Crippen LogP contribution in [-0.2, 0) is 12.8 Å². The molecule has 0 unspecified atom stereocenters. The van der Waals surface area contributed by atoms with Crippen LogP contribution < -0.4 is 15.8 Å². The van der Waals surface area contributed by atoms with Crippen LogP contribution in [0.25, 0.3) is 11.6 Å². The van der Waals surface area contributed by atoms with E-state index in [-0.39, 0.29) is 5.82 Å². The van der Waals surface area contributed by atoms with Gasteiger partial charge in [0.25, 0.3) is 0 Å². The second kappa shape index (κ2) is 9.01. The van der Waals surface area contributed by atoms with Crippen molar-refractivity contribution in [2.75, 3.05) is 13.1 Å². The van der Waals surface area contributed by atoms with E-state index in [0.29, 0.717) is 6.42 Å². The number of nitrogens with one attached hydrogen (secondary N) is 1. The SMILES string of the molecule is C=C/C(C)=c1/c(CCc2c(F)cccc2C2=NCCN2)c(C)cc/c1=C/CC. The second-order valence-corrected chi connectivity index (χ2v) is 7.25. The van der Waals surface area contributed by atoms with Gasteiger partial charge in [-0.25, -0.2) is 4.39 Å². The van der Waals surface area contributed by atoms with Crippen LogP contribution in [0, 0.1) is 12.7 Å². The van der Waals surface area contributed by atoms with E-state index in [9.17, 15) is 4.39 Å². The van der Waals surface area contributed by atoms with Crippen LogP contribution >= 0.6 is 0 Å². The highest BCUT2D eigenvalue weighted by atomic mass is 19.1. The molecule has 0 amide bonds. The maximum atomic E-state index is 14.7. The first kappa shape index (κ1) is 20.1. The van der Waals surface area contributed by atoms with Gasteiger partial charge in [0.2, 0.25) is 0 Å². The zero-order valence-corrected chi connectivity index (χ0v) is 17.1. The van der Waals surface area contributed by atoms with Gasteiger partial charge in [-0.15, -0.1) is 0 Å². The Bertz CT molecular complexity index is 1030. The van der Waals surface area contributed by atoms with Gasteiger partial charge in [0.05, 0.1) is 6.54 Å². The molecular formula is C25H29FN2. The number of rotatable bonds is 6. The molecule has 3 rings (SSSR count). The molecule has 3 heteroatoms. The van der Waals surface area contributed by atoms with E-state index in [1.54, 1.807) is 12.1 Å². The Morgan fingerprint density at radius 3 is 2.68 bits per heavy atom. The summed E-state index contributed by atoms with van der Waals surface area (Å²) in [6.07, 6.45) is 6.55. The van der Waals surface area contributed by atoms with E-state index in [1.165, 1.54) is 21.6 Å². The van der Waals surface area contributed by atoms with Gasteiger partial charge < -0.3 is 5.32 Å². The molecule has 0 fully saturated rings. The molecule has 28 heavy (non-hydrogen) atoms. The van der Waals surface area contributed by atoms with E-state index < -0.39 is 0 Å². The number of hydrogen-bond acceptors (Lipinski definition) is 2. The summed E-state index contributed by atoms with van der Waals surface area (Å²) >= 11 is 0. The molecule has 1 N–H and O–H groups in total. The van der Waals surface area contributed by atoms with Crippen molar-refractivity contribution in [1.29, 1.82) is 0 Å². The zero-order chi connectivity index (χ0) is 20.1. The molecule has 2 aromatic carbocycles. The number of benzene rings is 2. The number of aliphatic imine (C=N–C) groups is 1. The molecule has 1 aliphatic heterocycles. The summed E-state index contributed by atoms with van der Waals surface area (Å²) in [7, 11) is 0. The van der Waals surface area contributed by atoms with Gasteiger partial charge in [-0.2, -0.15) is 0 Å². The zero-order valence-electron chi connectivity index (χ0n) is 17.1. The molecule has 0 atom stereocenters. The molecule has 0 saturated heterocycles. The number of nitrogens with zero attached hydrogens (tertiary/aromatic N) is 1. The van der Waals surface area contributed by atoms with E-state index in [1.807, 2.05) is 12.1 Å². The predicted octanol–water partition coefficient (Wildman–Crippen LogP) is 3.82. The number of aryl methyl sites for hydroxylation is 1. The molecule has 2 aromatic rings. The summed E-state index contributed by atoms with van der Waals surface area (Å²) in [6, 6.07) is 9.62. The van der Waals surface area contributed by atoms with Crippen LogP contribution in [0.1, 0.15) is 42.5 Å². The maximum absolute atomic E-state index is 14.7. The highest BCUT2D eigenvalue weighted by Gasteiger charge is 2.16. The Labute approximate surface area is 167 Å². The van der Waals surface area contributed by atoms with Gasteiger partial charge in [0, 0.05) is 12.1 Å². The smallest absolute Gasteiger partial charge is 0.128 e. The topological polar surface area (TPSA) is 24.4 Å². The summed E-state index contributed by atoms with van der Waals surface area (Å²) in [5, 5.41) is 5.75. The summed E-state index contributed by atoms with van der Waals surface area (Å²) in [5.74, 6) is 0.655. The van der Waals surface area contributed by atoms with Crippen LogP contribution in [0.3, 0.4) is 0 Å². The van der Waals surface area contributed by atoms with Crippen molar-refractivity contribution in [3.8, 4) is 0 Å². The van der Waals surface area contributed by atoms with E-state index >= 15 is 0 Å². The van der Waals surface area contributed by atoms with Crippen LogP contribution in [-0.4, -0.2) is 18.9 Å². The van der Waals surface area contributed by atoms with Gasteiger partial charge in [0.15, 0.2) is 0 Å². The average Bonchev–Trinajstić information content (AvgIpc) is 3.23. The third-order valence-corrected chi connectivity index (χ3v) is 5.38. The van der Waals surface area contributed by atoms with Crippen molar-refractivity contribution in [3.63, 3.8) is 0 Å². The Kier molecular flexibility index (Phi) is 6.45. The van der Waals surface area contributed by atoms with Gasteiger partial charge in [0.1, 0.15) is 11.7 Å². The van der Waals surface area contributed by atoms with E-state index in [0.717, 1.165) is 48.5 Å². The highest BCUT2D eigenvalue weighted by Crippen LogP contribution is 2.18. The molecule has 0 aromatic heterocycles. The van der Waals surface area contributed by atoms with Gasteiger partial charge >= 0.3 is 0 Å². The van der Waals surface area contributed by atoms with Crippen LogP contribution in [0.15, 0.2) is 48.0 Å². The summed E-state index contributed by atoms with van der Waals surface area (Å²) in [4.78, 5) is 4.49. The molecule has 0 aliphatic carbocycles. The lowest BCUT2D eigenvalue weighted by molar-refractivity contribution is 0.607. The first-order chi connectivity index (χ1) is 13.6. The van der Waals surface area contributed by atoms with Gasteiger partial charge in [-0.05, 0) is 71.9 Å². The Balaban J connectivity index is 2.07.